The van der Waals surface area contributed by atoms with Crippen LogP contribution in [0, 0.1) is 11.8 Å². The Labute approximate surface area is 164 Å². The predicted molar refractivity (Wildman–Crippen MR) is 104 cm³/mol. The number of pyridine rings is 1. The Morgan fingerprint density at radius 3 is 3.07 bits per heavy atom. The first kappa shape index (κ1) is 16.7. The van der Waals surface area contributed by atoms with Crippen LogP contribution < -0.4 is 0 Å². The van der Waals surface area contributed by atoms with Crippen molar-refractivity contribution in [2.24, 2.45) is 11.8 Å². The summed E-state index contributed by atoms with van der Waals surface area (Å²) in [5.41, 5.74) is 2.86. The quantitative estimate of drug-likeness (QED) is 0.712. The Morgan fingerprint density at radius 2 is 2.11 bits per heavy atom. The number of piperidine rings is 3. The number of rotatable bonds is 1. The van der Waals surface area contributed by atoms with Crippen molar-refractivity contribution in [3.05, 3.63) is 35.5 Å². The van der Waals surface area contributed by atoms with E-state index in [0.29, 0.717) is 23.0 Å². The normalized spacial score (nSPS) is 32.6. The smallest absolute Gasteiger partial charge is 0.255 e. The number of likely N-dealkylation sites (tertiary alicyclic amines) is 1. The van der Waals surface area contributed by atoms with Gasteiger partial charge in [-0.2, -0.15) is 4.52 Å². The second-order valence-corrected chi connectivity index (χ2v) is 8.91. The molecule has 28 heavy (non-hydrogen) atoms. The summed E-state index contributed by atoms with van der Waals surface area (Å²) in [5, 5.41) is 11.6. The van der Waals surface area contributed by atoms with E-state index >= 15 is 0 Å². The maximum absolute atomic E-state index is 13.5. The molecule has 3 aliphatic heterocycles. The summed E-state index contributed by atoms with van der Waals surface area (Å²) in [7, 11) is 0. The van der Waals surface area contributed by atoms with E-state index in [0.717, 1.165) is 32.0 Å². The molecule has 0 saturated carbocycles. The molecule has 7 nitrogen and oxygen atoms in total. The largest absolute Gasteiger partial charge is 0.332 e. The molecule has 0 spiro atoms. The van der Waals surface area contributed by atoms with Crippen LogP contribution in [0.5, 0.6) is 0 Å². The monoisotopic (exact) mass is 378 g/mol. The Kier molecular flexibility index (Phi) is 3.79. The number of tetrazole rings is 1. The fourth-order valence-electron chi connectivity index (χ4n) is 6.23. The van der Waals surface area contributed by atoms with Crippen LogP contribution in [0.15, 0.2) is 30.0 Å². The molecule has 4 atom stereocenters. The molecule has 7 heteroatoms. The minimum absolute atomic E-state index is 0.118. The van der Waals surface area contributed by atoms with Crippen molar-refractivity contribution in [2.75, 3.05) is 19.6 Å². The third kappa shape index (κ3) is 2.52. The van der Waals surface area contributed by atoms with Crippen molar-refractivity contribution in [3.63, 3.8) is 0 Å². The minimum atomic E-state index is 0.118. The van der Waals surface area contributed by atoms with Gasteiger partial charge in [0.05, 0.1) is 11.6 Å². The lowest BCUT2D eigenvalue weighted by Gasteiger charge is -2.54. The van der Waals surface area contributed by atoms with Crippen molar-refractivity contribution in [1.29, 1.82) is 0 Å². The molecule has 0 radical (unpaired) electrons. The number of nitrogens with zero attached hydrogens (tertiary/aromatic N) is 6. The standard InChI is InChI=1S/C21H26N6O/c28-21(15-6-7-19-22-23-24-27(19)13-15)26-9-3-4-14-10-16-11-17(20(14)26)12-25-8-2-1-5-18(16)25/h6-7,10,13,16-18,20H,1-5,8-9,11-12H2/t16-,17+,18-,20-/m0/s1. The zero-order valence-corrected chi connectivity index (χ0v) is 16.1. The van der Waals surface area contributed by atoms with Crippen molar-refractivity contribution in [1.82, 2.24) is 29.8 Å². The van der Waals surface area contributed by atoms with Crippen LogP contribution in [-0.4, -0.2) is 67.5 Å². The van der Waals surface area contributed by atoms with Gasteiger partial charge in [0.2, 0.25) is 0 Å². The van der Waals surface area contributed by atoms with Crippen molar-refractivity contribution < 1.29 is 4.79 Å². The van der Waals surface area contributed by atoms with Crippen molar-refractivity contribution in [2.45, 2.75) is 50.6 Å². The predicted octanol–water partition coefficient (Wildman–Crippen LogP) is 2.16. The Balaban J connectivity index is 1.33. The molecule has 3 fully saturated rings. The Morgan fingerprint density at radius 1 is 1.14 bits per heavy atom. The third-order valence-corrected chi connectivity index (χ3v) is 7.36. The summed E-state index contributed by atoms with van der Waals surface area (Å²) < 4.78 is 1.59. The molecule has 1 amide bonds. The van der Waals surface area contributed by atoms with Gasteiger partial charge in [0, 0.05) is 25.3 Å². The van der Waals surface area contributed by atoms with Crippen LogP contribution in [0.1, 0.15) is 48.9 Å². The molecule has 2 aromatic heterocycles. The molecule has 0 aromatic carbocycles. The van der Waals surface area contributed by atoms with Crippen molar-refractivity contribution in [3.8, 4) is 0 Å². The maximum atomic E-state index is 13.5. The first-order valence-electron chi connectivity index (χ1n) is 10.7. The van der Waals surface area contributed by atoms with E-state index < -0.39 is 0 Å². The van der Waals surface area contributed by atoms with E-state index in [-0.39, 0.29) is 11.9 Å². The summed E-state index contributed by atoms with van der Waals surface area (Å²) in [6, 6.07) is 4.69. The van der Waals surface area contributed by atoms with Crippen LogP contribution >= 0.6 is 0 Å². The van der Waals surface area contributed by atoms with Crippen LogP contribution in [0.4, 0.5) is 0 Å². The van der Waals surface area contributed by atoms with Gasteiger partial charge in [0.1, 0.15) is 0 Å². The van der Waals surface area contributed by atoms with E-state index in [1.54, 1.807) is 10.7 Å². The second-order valence-electron chi connectivity index (χ2n) is 8.91. The Bertz CT molecular complexity index is 951. The molecule has 146 valence electrons. The van der Waals surface area contributed by atoms with Crippen LogP contribution in [-0.2, 0) is 0 Å². The lowest BCUT2D eigenvalue weighted by Crippen LogP contribution is -2.60. The summed E-state index contributed by atoms with van der Waals surface area (Å²) in [4.78, 5) is 18.3. The van der Waals surface area contributed by atoms with E-state index in [1.807, 2.05) is 12.1 Å². The first-order chi connectivity index (χ1) is 13.8. The molecule has 2 aromatic rings. The van der Waals surface area contributed by atoms with E-state index in [9.17, 15) is 4.79 Å². The van der Waals surface area contributed by atoms with Gasteiger partial charge < -0.3 is 4.90 Å². The van der Waals surface area contributed by atoms with Gasteiger partial charge in [-0.05, 0) is 73.0 Å². The number of fused-ring (bicyclic) bond motifs is 7. The first-order valence-corrected chi connectivity index (χ1v) is 10.7. The van der Waals surface area contributed by atoms with Crippen LogP contribution in [0.3, 0.4) is 0 Å². The molecular formula is C21H26N6O. The van der Waals surface area contributed by atoms with Crippen LogP contribution in [0.25, 0.3) is 5.65 Å². The Hall–Kier alpha value is -2.28. The van der Waals surface area contributed by atoms with E-state index in [2.05, 4.69) is 31.4 Å². The van der Waals surface area contributed by atoms with Gasteiger partial charge in [-0.1, -0.05) is 18.1 Å². The van der Waals surface area contributed by atoms with Gasteiger partial charge >= 0.3 is 0 Å². The minimum Gasteiger partial charge on any atom is -0.332 e. The molecule has 1 aliphatic carbocycles. The summed E-state index contributed by atoms with van der Waals surface area (Å²) >= 11 is 0. The highest BCUT2D eigenvalue weighted by Crippen LogP contribution is 2.45. The van der Waals surface area contributed by atoms with Gasteiger partial charge in [-0.25, -0.2) is 0 Å². The second kappa shape index (κ2) is 6.37. The fraction of sp³-hybridized carbons (Fsp3) is 0.619. The molecule has 2 bridgehead atoms. The molecular weight excluding hydrogens is 352 g/mol. The molecule has 3 saturated heterocycles. The molecule has 0 unspecified atom stereocenters. The molecule has 0 N–H and O–H groups in total. The van der Waals surface area contributed by atoms with Gasteiger partial charge in [-0.3, -0.25) is 9.69 Å². The van der Waals surface area contributed by atoms with E-state index in [4.69, 9.17) is 0 Å². The van der Waals surface area contributed by atoms with Crippen molar-refractivity contribution >= 4 is 11.6 Å². The average molecular weight is 378 g/mol. The summed E-state index contributed by atoms with van der Waals surface area (Å²) in [6.07, 6.45) is 11.8. The molecule has 5 heterocycles. The molecule has 6 rings (SSSR count). The zero-order valence-electron chi connectivity index (χ0n) is 16.1. The number of carbonyl (C=O) groups excluding carboxylic acids is 1. The highest BCUT2D eigenvalue weighted by atomic mass is 16.2. The number of hydrogen-bond acceptors (Lipinski definition) is 5. The number of amides is 1. The lowest BCUT2D eigenvalue weighted by molar-refractivity contribution is 0.00146. The lowest BCUT2D eigenvalue weighted by atomic mass is 9.68. The van der Waals surface area contributed by atoms with E-state index in [1.165, 1.54) is 37.8 Å². The SMILES string of the molecule is O=C(c1ccc2nnnn2c1)N1CCCC2=C[C@H]3C[C@H](CN4CCCC[C@@H]34)[C@H]21. The number of aromatic nitrogens is 4. The summed E-state index contributed by atoms with van der Waals surface area (Å²) in [6.45, 7) is 3.23. The van der Waals surface area contributed by atoms with Gasteiger partial charge in [-0.15, -0.1) is 5.10 Å². The number of hydrogen-bond donors (Lipinski definition) is 0. The highest BCUT2D eigenvalue weighted by Gasteiger charge is 2.47. The average Bonchev–Trinajstić information content (AvgIpc) is 3.21. The zero-order chi connectivity index (χ0) is 18.7. The highest BCUT2D eigenvalue weighted by molar-refractivity contribution is 5.94. The summed E-state index contributed by atoms with van der Waals surface area (Å²) in [5.74, 6) is 1.38. The van der Waals surface area contributed by atoms with Gasteiger partial charge in [0.15, 0.2) is 5.65 Å². The fourth-order valence-corrected chi connectivity index (χ4v) is 6.23. The maximum Gasteiger partial charge on any atom is 0.255 e. The molecule has 4 aliphatic rings. The number of carbonyl (C=O) groups is 1. The van der Waals surface area contributed by atoms with Crippen LogP contribution in [0.2, 0.25) is 0 Å². The van der Waals surface area contributed by atoms with Gasteiger partial charge in [0.25, 0.3) is 5.91 Å². The third-order valence-electron chi connectivity index (χ3n) is 7.36. The topological polar surface area (TPSA) is 66.6 Å².